The molecule has 2 heterocycles. The number of aryl methyl sites for hydroxylation is 2. The van der Waals surface area contributed by atoms with Crippen LogP contribution in [0.3, 0.4) is 0 Å². The third-order valence-corrected chi connectivity index (χ3v) is 6.25. The van der Waals surface area contributed by atoms with E-state index < -0.39 is 6.04 Å². The Morgan fingerprint density at radius 3 is 2.96 bits per heavy atom. The van der Waals surface area contributed by atoms with Gasteiger partial charge in [-0.1, -0.05) is 6.42 Å². The molecule has 0 bridgehead atoms. The van der Waals surface area contributed by atoms with Crippen molar-refractivity contribution >= 4 is 39.0 Å². The zero-order valence-electron chi connectivity index (χ0n) is 16.0. The zero-order chi connectivity index (χ0) is 19.7. The first kappa shape index (κ1) is 18.5. The van der Waals surface area contributed by atoms with Gasteiger partial charge >= 0.3 is 0 Å². The van der Waals surface area contributed by atoms with Crippen LogP contribution in [0.5, 0.6) is 0 Å². The fraction of sp³-hybridized carbons (Fsp3) is 0.381. The summed E-state index contributed by atoms with van der Waals surface area (Å²) < 4.78 is 5.48. The van der Waals surface area contributed by atoms with Crippen molar-refractivity contribution < 1.29 is 9.21 Å². The molecule has 1 aromatic carbocycles. The van der Waals surface area contributed by atoms with E-state index in [-0.39, 0.29) is 5.91 Å². The highest BCUT2D eigenvalue weighted by molar-refractivity contribution is 7.16. The average molecular weight is 395 g/mol. The van der Waals surface area contributed by atoms with Crippen LogP contribution in [0, 0.1) is 18.3 Å². The molecule has 4 rings (SSSR count). The molecule has 144 valence electrons. The van der Waals surface area contributed by atoms with Crippen molar-refractivity contribution in [2.45, 2.75) is 52.0 Å². The SMILES string of the molecule is Cc1nc2cc(N[C@@H](C)C(=O)Nc3sc4c(c3C#N)CCCCC4)ccc2o1. The van der Waals surface area contributed by atoms with Crippen molar-refractivity contribution in [2.24, 2.45) is 0 Å². The molecule has 2 N–H and O–H groups in total. The standard InChI is InChI=1S/C21H22N4O2S/c1-12(23-14-8-9-18-17(10-14)24-13(2)27-18)20(26)25-21-16(11-22)15-6-4-3-5-7-19(15)28-21/h8-10,12,23H,3-7H2,1-2H3,(H,25,26)/t12-/m0/s1. The maximum absolute atomic E-state index is 12.7. The van der Waals surface area contributed by atoms with Gasteiger partial charge in [0.15, 0.2) is 11.5 Å². The molecule has 2 aromatic heterocycles. The van der Waals surface area contributed by atoms with Crippen molar-refractivity contribution in [1.82, 2.24) is 4.98 Å². The number of rotatable bonds is 4. The molecule has 3 aromatic rings. The van der Waals surface area contributed by atoms with Crippen molar-refractivity contribution in [3.63, 3.8) is 0 Å². The van der Waals surface area contributed by atoms with Crippen LogP contribution in [-0.4, -0.2) is 16.9 Å². The minimum Gasteiger partial charge on any atom is -0.441 e. The number of oxazole rings is 1. The Morgan fingerprint density at radius 1 is 1.32 bits per heavy atom. The lowest BCUT2D eigenvalue weighted by molar-refractivity contribution is -0.116. The molecule has 1 aliphatic carbocycles. The minimum absolute atomic E-state index is 0.163. The van der Waals surface area contributed by atoms with Crippen LogP contribution in [-0.2, 0) is 17.6 Å². The first-order valence-corrected chi connectivity index (χ1v) is 10.4. The summed E-state index contributed by atoms with van der Waals surface area (Å²) in [5, 5.41) is 16.5. The first-order chi connectivity index (χ1) is 13.5. The molecule has 0 saturated carbocycles. The normalized spacial score (nSPS) is 14.8. The monoisotopic (exact) mass is 394 g/mol. The van der Waals surface area contributed by atoms with Crippen LogP contribution < -0.4 is 10.6 Å². The zero-order valence-corrected chi connectivity index (χ0v) is 16.8. The molecule has 1 amide bonds. The predicted octanol–water partition coefficient (Wildman–Crippen LogP) is 4.78. The van der Waals surface area contributed by atoms with E-state index in [1.807, 2.05) is 18.2 Å². The molecule has 0 aliphatic heterocycles. The number of carbonyl (C=O) groups is 1. The van der Waals surface area contributed by atoms with Crippen LogP contribution in [0.2, 0.25) is 0 Å². The second-order valence-corrected chi connectivity index (χ2v) is 8.26. The molecule has 0 saturated heterocycles. The highest BCUT2D eigenvalue weighted by Crippen LogP contribution is 2.37. The molecule has 6 nitrogen and oxygen atoms in total. The molecular weight excluding hydrogens is 372 g/mol. The summed E-state index contributed by atoms with van der Waals surface area (Å²) in [7, 11) is 0. The first-order valence-electron chi connectivity index (χ1n) is 9.54. The van der Waals surface area contributed by atoms with Crippen LogP contribution in [0.1, 0.15) is 48.1 Å². The summed E-state index contributed by atoms with van der Waals surface area (Å²) in [6.45, 7) is 3.61. The number of hydrogen-bond acceptors (Lipinski definition) is 6. The molecule has 0 unspecified atom stereocenters. The number of anilines is 2. The Bertz CT molecular complexity index is 1080. The molecule has 0 fully saturated rings. The van der Waals surface area contributed by atoms with Crippen LogP contribution in [0.25, 0.3) is 11.1 Å². The Kier molecular flexibility index (Phi) is 5.05. The summed E-state index contributed by atoms with van der Waals surface area (Å²) in [6, 6.07) is 7.42. The average Bonchev–Trinajstić information content (AvgIpc) is 3.10. The second-order valence-electron chi connectivity index (χ2n) is 7.15. The number of hydrogen-bond donors (Lipinski definition) is 2. The van der Waals surface area contributed by atoms with E-state index in [0.29, 0.717) is 16.5 Å². The number of thiophene rings is 1. The Morgan fingerprint density at radius 2 is 2.14 bits per heavy atom. The molecule has 0 radical (unpaired) electrons. The van der Waals surface area contributed by atoms with Crippen LogP contribution in [0.4, 0.5) is 10.7 Å². The van der Waals surface area contributed by atoms with Crippen LogP contribution in [0.15, 0.2) is 22.6 Å². The number of nitrogens with zero attached hydrogens (tertiary/aromatic N) is 2. The van der Waals surface area contributed by atoms with Gasteiger partial charge in [-0.25, -0.2) is 4.98 Å². The molecule has 1 atom stereocenters. The quantitative estimate of drug-likeness (QED) is 0.622. The third-order valence-electron chi connectivity index (χ3n) is 5.04. The third kappa shape index (κ3) is 3.60. The predicted molar refractivity (Wildman–Crippen MR) is 111 cm³/mol. The smallest absolute Gasteiger partial charge is 0.247 e. The van der Waals surface area contributed by atoms with Gasteiger partial charge in [0.25, 0.3) is 0 Å². The lowest BCUT2D eigenvalue weighted by atomic mass is 10.1. The lowest BCUT2D eigenvalue weighted by Crippen LogP contribution is -2.31. The topological polar surface area (TPSA) is 91.0 Å². The van der Waals surface area contributed by atoms with E-state index in [0.717, 1.165) is 48.0 Å². The Labute approximate surface area is 167 Å². The Hall–Kier alpha value is -2.85. The number of benzene rings is 1. The van der Waals surface area contributed by atoms with E-state index in [1.54, 1.807) is 25.2 Å². The summed E-state index contributed by atoms with van der Waals surface area (Å²) in [5.41, 5.74) is 4.04. The van der Waals surface area contributed by atoms with Gasteiger partial charge in [0.1, 0.15) is 22.6 Å². The second kappa shape index (κ2) is 7.64. The van der Waals surface area contributed by atoms with E-state index in [4.69, 9.17) is 4.42 Å². The van der Waals surface area contributed by atoms with Crippen LogP contribution >= 0.6 is 11.3 Å². The molecule has 0 spiro atoms. The maximum atomic E-state index is 12.7. The van der Waals surface area contributed by atoms with E-state index in [1.165, 1.54) is 11.3 Å². The molecular formula is C21H22N4O2S. The lowest BCUT2D eigenvalue weighted by Gasteiger charge is -2.15. The minimum atomic E-state index is -0.459. The highest BCUT2D eigenvalue weighted by Gasteiger charge is 2.22. The largest absolute Gasteiger partial charge is 0.441 e. The summed E-state index contributed by atoms with van der Waals surface area (Å²) in [6.07, 6.45) is 5.37. The van der Waals surface area contributed by atoms with Gasteiger partial charge in [-0.2, -0.15) is 5.26 Å². The maximum Gasteiger partial charge on any atom is 0.247 e. The van der Waals surface area contributed by atoms with Crippen molar-refractivity contribution in [1.29, 1.82) is 5.26 Å². The fourth-order valence-electron chi connectivity index (χ4n) is 3.62. The number of carbonyl (C=O) groups excluding carboxylic acids is 1. The number of fused-ring (bicyclic) bond motifs is 2. The van der Waals surface area contributed by atoms with Gasteiger partial charge < -0.3 is 15.1 Å². The van der Waals surface area contributed by atoms with Crippen molar-refractivity contribution in [3.05, 3.63) is 40.1 Å². The van der Waals surface area contributed by atoms with Crippen molar-refractivity contribution in [2.75, 3.05) is 10.6 Å². The highest BCUT2D eigenvalue weighted by atomic mass is 32.1. The molecule has 7 heteroatoms. The van der Waals surface area contributed by atoms with Gasteiger partial charge in [-0.15, -0.1) is 11.3 Å². The fourth-order valence-corrected chi connectivity index (χ4v) is 4.86. The number of nitrogens with one attached hydrogen (secondary N) is 2. The number of amides is 1. The molecule has 1 aliphatic rings. The number of nitriles is 1. The van der Waals surface area contributed by atoms with E-state index in [2.05, 4.69) is 21.7 Å². The Balaban J connectivity index is 1.49. The summed E-state index contributed by atoms with van der Waals surface area (Å²) in [4.78, 5) is 18.3. The van der Waals surface area contributed by atoms with Gasteiger partial charge in [-0.05, 0) is 56.4 Å². The van der Waals surface area contributed by atoms with Crippen molar-refractivity contribution in [3.8, 4) is 6.07 Å². The van der Waals surface area contributed by atoms with E-state index in [9.17, 15) is 10.1 Å². The summed E-state index contributed by atoms with van der Waals surface area (Å²) >= 11 is 1.55. The van der Waals surface area contributed by atoms with Gasteiger partial charge in [0, 0.05) is 17.5 Å². The van der Waals surface area contributed by atoms with Gasteiger partial charge in [0.05, 0.1) is 5.56 Å². The van der Waals surface area contributed by atoms with Gasteiger partial charge in [-0.3, -0.25) is 4.79 Å². The van der Waals surface area contributed by atoms with Gasteiger partial charge in [0.2, 0.25) is 5.91 Å². The molecule has 28 heavy (non-hydrogen) atoms. The summed E-state index contributed by atoms with van der Waals surface area (Å²) in [5.74, 6) is 0.448. The number of aromatic nitrogens is 1. The van der Waals surface area contributed by atoms with E-state index >= 15 is 0 Å².